The van der Waals surface area contributed by atoms with Gasteiger partial charge in [0.25, 0.3) is 5.56 Å². The molecule has 6 nitrogen and oxygen atoms in total. The Morgan fingerprint density at radius 1 is 1.45 bits per heavy atom. The van der Waals surface area contributed by atoms with Gasteiger partial charge in [-0.3, -0.25) is 4.79 Å². The van der Waals surface area contributed by atoms with Crippen molar-refractivity contribution in [2.45, 2.75) is 31.1 Å². The molecule has 0 aromatic carbocycles. The number of rotatable bonds is 8. The third kappa shape index (κ3) is 4.90. The molecule has 3 N–H and O–H groups in total. The number of aromatic nitrogens is 1. The number of aliphatic hydroxyl groups excluding tert-OH is 1. The Morgan fingerprint density at radius 2 is 2.15 bits per heavy atom. The zero-order chi connectivity index (χ0) is 15.2. The zero-order valence-corrected chi connectivity index (χ0v) is 12.8. The standard InChI is InChI=1S/C12H19ClN2O4S/c1-2-3-9(4-5-16)7-15-20(18,19)10-6-11(13)12(17)14-8-10/h6,8-9,15-16H,2-5,7H2,1H3,(H,14,17). The van der Waals surface area contributed by atoms with Gasteiger partial charge in [0, 0.05) is 19.3 Å². The van der Waals surface area contributed by atoms with E-state index >= 15 is 0 Å². The molecule has 0 bridgehead atoms. The van der Waals surface area contributed by atoms with Gasteiger partial charge in [-0.2, -0.15) is 0 Å². The molecular formula is C12H19ClN2O4S. The largest absolute Gasteiger partial charge is 0.396 e. The maximum absolute atomic E-state index is 12.1. The van der Waals surface area contributed by atoms with Crippen LogP contribution < -0.4 is 10.3 Å². The van der Waals surface area contributed by atoms with E-state index in [1.165, 1.54) is 0 Å². The van der Waals surface area contributed by atoms with Crippen molar-refractivity contribution in [3.8, 4) is 0 Å². The van der Waals surface area contributed by atoms with Crippen LogP contribution in [0.4, 0.5) is 0 Å². The molecule has 1 aromatic heterocycles. The highest BCUT2D eigenvalue weighted by Gasteiger charge is 2.17. The van der Waals surface area contributed by atoms with Gasteiger partial charge in [0.2, 0.25) is 10.0 Å². The minimum absolute atomic E-state index is 0.0247. The summed E-state index contributed by atoms with van der Waals surface area (Å²) < 4.78 is 26.6. The van der Waals surface area contributed by atoms with Crippen molar-refractivity contribution < 1.29 is 13.5 Å². The van der Waals surface area contributed by atoms with Crippen LogP contribution in [0, 0.1) is 5.92 Å². The van der Waals surface area contributed by atoms with E-state index in [1.54, 1.807) is 0 Å². The fourth-order valence-electron chi connectivity index (χ4n) is 1.84. The van der Waals surface area contributed by atoms with Crippen molar-refractivity contribution in [1.82, 2.24) is 9.71 Å². The summed E-state index contributed by atoms with van der Waals surface area (Å²) in [6.07, 6.45) is 3.40. The van der Waals surface area contributed by atoms with E-state index < -0.39 is 15.6 Å². The van der Waals surface area contributed by atoms with Crippen molar-refractivity contribution in [2.24, 2.45) is 5.92 Å². The molecule has 0 aliphatic heterocycles. The molecule has 20 heavy (non-hydrogen) atoms. The molecule has 1 unspecified atom stereocenters. The molecule has 1 aromatic rings. The van der Waals surface area contributed by atoms with Crippen LogP contribution in [0.1, 0.15) is 26.2 Å². The first-order valence-electron chi connectivity index (χ1n) is 6.39. The number of hydrogen-bond acceptors (Lipinski definition) is 4. The fourth-order valence-corrected chi connectivity index (χ4v) is 3.19. The second-order valence-electron chi connectivity index (χ2n) is 4.53. The average molecular weight is 323 g/mol. The van der Waals surface area contributed by atoms with E-state index in [2.05, 4.69) is 9.71 Å². The predicted octanol–water partition coefficient (Wildman–Crippen LogP) is 1.11. The number of pyridine rings is 1. The lowest BCUT2D eigenvalue weighted by Crippen LogP contribution is -2.30. The summed E-state index contributed by atoms with van der Waals surface area (Å²) in [6.45, 7) is 2.27. The lowest BCUT2D eigenvalue weighted by atomic mass is 10.0. The monoisotopic (exact) mass is 322 g/mol. The van der Waals surface area contributed by atoms with Gasteiger partial charge in [0.15, 0.2) is 0 Å². The third-order valence-corrected chi connectivity index (χ3v) is 4.62. The van der Waals surface area contributed by atoms with E-state index in [4.69, 9.17) is 16.7 Å². The van der Waals surface area contributed by atoms with Crippen LogP contribution in [0.5, 0.6) is 0 Å². The molecule has 0 fully saturated rings. The van der Waals surface area contributed by atoms with Gasteiger partial charge < -0.3 is 10.1 Å². The number of aliphatic hydroxyl groups is 1. The Kier molecular flexibility index (Phi) is 6.67. The summed E-state index contributed by atoms with van der Waals surface area (Å²) in [5.41, 5.74) is -0.533. The number of aromatic amines is 1. The lowest BCUT2D eigenvalue weighted by molar-refractivity contribution is 0.251. The maximum Gasteiger partial charge on any atom is 0.266 e. The number of nitrogens with one attached hydrogen (secondary N) is 2. The minimum Gasteiger partial charge on any atom is -0.396 e. The summed E-state index contributed by atoms with van der Waals surface area (Å²) in [5, 5.41) is 8.77. The molecule has 0 radical (unpaired) electrons. The first-order chi connectivity index (χ1) is 9.40. The van der Waals surface area contributed by atoms with Crippen molar-refractivity contribution in [3.05, 3.63) is 27.6 Å². The highest BCUT2D eigenvalue weighted by Crippen LogP contribution is 2.13. The normalized spacial score (nSPS) is 13.3. The molecular weight excluding hydrogens is 304 g/mol. The minimum atomic E-state index is -3.72. The van der Waals surface area contributed by atoms with Crippen LogP contribution in [0.15, 0.2) is 22.0 Å². The summed E-state index contributed by atoms with van der Waals surface area (Å²) >= 11 is 5.61. The van der Waals surface area contributed by atoms with Gasteiger partial charge in [0.1, 0.15) is 5.02 Å². The van der Waals surface area contributed by atoms with Gasteiger partial charge in [-0.25, -0.2) is 13.1 Å². The van der Waals surface area contributed by atoms with Crippen LogP contribution in [0.2, 0.25) is 5.02 Å². The fraction of sp³-hybridized carbons (Fsp3) is 0.583. The molecule has 0 saturated carbocycles. The molecule has 1 heterocycles. The van der Waals surface area contributed by atoms with Crippen molar-refractivity contribution in [1.29, 1.82) is 0 Å². The smallest absolute Gasteiger partial charge is 0.266 e. The topological polar surface area (TPSA) is 99.3 Å². The highest BCUT2D eigenvalue weighted by molar-refractivity contribution is 7.89. The Morgan fingerprint density at radius 3 is 2.70 bits per heavy atom. The first-order valence-corrected chi connectivity index (χ1v) is 8.25. The highest BCUT2D eigenvalue weighted by atomic mass is 35.5. The Bertz CT molecular complexity index is 579. The van der Waals surface area contributed by atoms with Crippen LogP contribution in [-0.4, -0.2) is 31.7 Å². The van der Waals surface area contributed by atoms with Gasteiger partial charge in [-0.15, -0.1) is 0 Å². The number of H-pyrrole nitrogens is 1. The zero-order valence-electron chi connectivity index (χ0n) is 11.2. The van der Waals surface area contributed by atoms with E-state index in [0.717, 1.165) is 25.1 Å². The maximum atomic E-state index is 12.1. The Labute approximate surface area is 123 Å². The van der Waals surface area contributed by atoms with Gasteiger partial charge in [-0.1, -0.05) is 24.9 Å². The van der Waals surface area contributed by atoms with Crippen molar-refractivity contribution in [2.75, 3.05) is 13.2 Å². The van der Waals surface area contributed by atoms with E-state index in [-0.39, 0.29) is 29.0 Å². The molecule has 0 aliphatic rings. The summed E-state index contributed by atoms with van der Waals surface area (Å²) in [5.74, 6) is 0.0815. The lowest BCUT2D eigenvalue weighted by Gasteiger charge is -2.15. The first kappa shape index (κ1) is 17.2. The third-order valence-electron chi connectivity index (χ3n) is 2.94. The second kappa shape index (κ2) is 7.78. The number of halogens is 1. The van der Waals surface area contributed by atoms with Crippen LogP contribution in [-0.2, 0) is 10.0 Å². The Hall–Kier alpha value is -0.890. The molecule has 1 atom stereocenters. The van der Waals surface area contributed by atoms with Crippen LogP contribution in [0.3, 0.4) is 0 Å². The molecule has 0 aliphatic carbocycles. The number of hydrogen-bond donors (Lipinski definition) is 3. The molecule has 114 valence electrons. The van der Waals surface area contributed by atoms with Gasteiger partial charge in [-0.05, 0) is 24.8 Å². The van der Waals surface area contributed by atoms with Crippen molar-refractivity contribution in [3.63, 3.8) is 0 Å². The SMILES string of the molecule is CCCC(CCO)CNS(=O)(=O)c1c[nH]c(=O)c(Cl)c1. The predicted molar refractivity (Wildman–Crippen MR) is 77.4 cm³/mol. The van der Waals surface area contributed by atoms with Crippen molar-refractivity contribution >= 4 is 21.6 Å². The number of sulfonamides is 1. The summed E-state index contributed by atoms with van der Waals surface area (Å²) in [7, 11) is -3.72. The molecule has 0 saturated heterocycles. The second-order valence-corrected chi connectivity index (χ2v) is 6.71. The Balaban J connectivity index is 2.78. The van der Waals surface area contributed by atoms with Gasteiger partial charge in [0.05, 0.1) is 4.90 Å². The molecule has 0 spiro atoms. The van der Waals surface area contributed by atoms with E-state index in [1.807, 2.05) is 6.92 Å². The van der Waals surface area contributed by atoms with E-state index in [0.29, 0.717) is 6.42 Å². The van der Waals surface area contributed by atoms with Gasteiger partial charge >= 0.3 is 0 Å². The van der Waals surface area contributed by atoms with Crippen LogP contribution in [0.25, 0.3) is 0 Å². The molecule has 0 amide bonds. The van der Waals surface area contributed by atoms with Crippen LogP contribution >= 0.6 is 11.6 Å². The quantitative estimate of drug-likeness (QED) is 0.667. The molecule has 8 heteroatoms. The summed E-state index contributed by atoms with van der Waals surface area (Å²) in [6, 6.07) is 1.11. The average Bonchev–Trinajstić information content (AvgIpc) is 2.39. The summed E-state index contributed by atoms with van der Waals surface area (Å²) in [4.78, 5) is 13.3. The van der Waals surface area contributed by atoms with E-state index in [9.17, 15) is 13.2 Å². The molecule has 1 rings (SSSR count).